The molecule has 0 bridgehead atoms. The van der Waals surface area contributed by atoms with Crippen molar-refractivity contribution in [3.63, 3.8) is 0 Å². The summed E-state index contributed by atoms with van der Waals surface area (Å²) in [4.78, 5) is 0. The number of hydrogen-bond donors (Lipinski definition) is 0. The van der Waals surface area contributed by atoms with Gasteiger partial charge in [0.2, 0.25) is 0 Å². The average molecular weight is 342 g/mol. The van der Waals surface area contributed by atoms with E-state index in [1.165, 1.54) is 89.9 Å². The molecule has 0 saturated carbocycles. The Kier molecular flexibility index (Phi) is 14.9. The van der Waals surface area contributed by atoms with E-state index >= 15 is 0 Å². The Balaban J connectivity index is 2.99. The van der Waals surface area contributed by atoms with Crippen molar-refractivity contribution in [3.05, 3.63) is 5.25 Å². The molecule has 0 amide bonds. The predicted molar refractivity (Wildman–Crippen MR) is 98.0 cm³/mol. The molecule has 0 nitrogen and oxygen atoms in total. The number of unbranched alkanes of at least 4 members (excludes halogenated alkanes) is 13. The Morgan fingerprint density at radius 3 is 1.25 bits per heavy atom. The van der Waals surface area contributed by atoms with Gasteiger partial charge in [0.25, 0.3) is 0 Å². The van der Waals surface area contributed by atoms with Crippen LogP contribution in [0.5, 0.6) is 0 Å². The molecular formula is C19H41Ge. The zero-order chi connectivity index (χ0) is 15.1. The summed E-state index contributed by atoms with van der Waals surface area (Å²) in [5, 5.41) is 2.67. The van der Waals surface area contributed by atoms with Crippen LogP contribution in [0.3, 0.4) is 0 Å². The molecule has 0 atom stereocenters. The van der Waals surface area contributed by atoms with E-state index in [9.17, 15) is 0 Å². The first kappa shape index (κ1) is 20.5. The van der Waals surface area contributed by atoms with E-state index in [1.54, 1.807) is 0 Å². The minimum atomic E-state index is -1.34. The molecule has 0 heterocycles. The van der Waals surface area contributed by atoms with E-state index in [-0.39, 0.29) is 0 Å². The van der Waals surface area contributed by atoms with Gasteiger partial charge in [0.05, 0.1) is 0 Å². The summed E-state index contributed by atoms with van der Waals surface area (Å²) in [6, 6.07) is 0. The molecular weight excluding hydrogens is 301 g/mol. The van der Waals surface area contributed by atoms with Crippen molar-refractivity contribution in [2.75, 3.05) is 0 Å². The van der Waals surface area contributed by atoms with Crippen LogP contribution in [0.4, 0.5) is 0 Å². The topological polar surface area (TPSA) is 0 Å². The fourth-order valence-electron chi connectivity index (χ4n) is 2.70. The Morgan fingerprint density at radius 2 is 0.900 bits per heavy atom. The van der Waals surface area contributed by atoms with Crippen LogP contribution in [0.2, 0.25) is 17.3 Å². The first-order valence-corrected chi connectivity index (χ1v) is 16.9. The van der Waals surface area contributed by atoms with E-state index in [4.69, 9.17) is 0 Å². The van der Waals surface area contributed by atoms with E-state index in [0.29, 0.717) is 0 Å². The molecule has 1 heteroatoms. The van der Waals surface area contributed by atoms with Crippen molar-refractivity contribution < 1.29 is 0 Å². The van der Waals surface area contributed by atoms with Crippen molar-refractivity contribution in [1.82, 2.24) is 0 Å². The van der Waals surface area contributed by atoms with Gasteiger partial charge in [-0.05, 0) is 0 Å². The molecule has 0 aliphatic heterocycles. The molecule has 0 fully saturated rings. The fraction of sp³-hybridized carbons (Fsp3) is 0.947. The maximum atomic E-state index is 2.67. The van der Waals surface area contributed by atoms with Crippen molar-refractivity contribution in [2.24, 2.45) is 0 Å². The Labute approximate surface area is 132 Å². The second-order valence-electron chi connectivity index (χ2n) is 7.60. The first-order chi connectivity index (χ1) is 9.56. The van der Waals surface area contributed by atoms with Gasteiger partial charge in [0, 0.05) is 0 Å². The molecule has 0 aromatic carbocycles. The first-order valence-electron chi connectivity index (χ1n) is 9.40. The van der Waals surface area contributed by atoms with E-state index in [0.717, 1.165) is 0 Å². The summed E-state index contributed by atoms with van der Waals surface area (Å²) >= 11 is -1.34. The summed E-state index contributed by atoms with van der Waals surface area (Å²) in [5.41, 5.74) is 0. The molecule has 1 radical (unpaired) electrons. The van der Waals surface area contributed by atoms with Crippen LogP contribution in [-0.2, 0) is 0 Å². The Bertz CT molecular complexity index is 181. The van der Waals surface area contributed by atoms with Crippen LogP contribution < -0.4 is 0 Å². The molecule has 0 aliphatic carbocycles. The number of hydrogen-bond acceptors (Lipinski definition) is 0. The standard InChI is InChI=1S/C19H41Ge/c1-5-6-7-8-9-10-11-12-13-14-15-16-17-18-19-20(2,3)4/h19H,5-18H2,1-4H3. The SMILES string of the molecule is CCCCCCCCCCCCCCC[CH][Ge]([CH3])([CH3])[CH3]. The zero-order valence-corrected chi connectivity index (χ0v) is 17.1. The third-order valence-corrected chi connectivity index (χ3v) is 7.24. The van der Waals surface area contributed by atoms with Crippen LogP contribution in [0.15, 0.2) is 0 Å². The third-order valence-electron chi connectivity index (χ3n) is 4.06. The van der Waals surface area contributed by atoms with Crippen LogP contribution >= 0.6 is 0 Å². The van der Waals surface area contributed by atoms with Crippen molar-refractivity contribution in [3.8, 4) is 0 Å². The summed E-state index contributed by atoms with van der Waals surface area (Å²) in [6.45, 7) is 2.30. The van der Waals surface area contributed by atoms with Gasteiger partial charge in [-0.3, -0.25) is 0 Å². The monoisotopic (exact) mass is 343 g/mol. The average Bonchev–Trinajstić information content (AvgIpc) is 2.38. The van der Waals surface area contributed by atoms with Gasteiger partial charge >= 0.3 is 106 Å². The second-order valence-corrected chi connectivity index (χ2v) is 18.4. The van der Waals surface area contributed by atoms with Gasteiger partial charge in [-0.15, -0.1) is 0 Å². The van der Waals surface area contributed by atoms with Crippen molar-refractivity contribution >= 4 is 13.3 Å². The van der Waals surface area contributed by atoms with Crippen LogP contribution in [0, 0.1) is 5.25 Å². The molecule has 0 saturated heterocycles. The van der Waals surface area contributed by atoms with Crippen molar-refractivity contribution in [1.29, 1.82) is 0 Å². The van der Waals surface area contributed by atoms with Crippen LogP contribution in [0.1, 0.15) is 96.8 Å². The van der Waals surface area contributed by atoms with Crippen LogP contribution in [-0.4, -0.2) is 13.3 Å². The Morgan fingerprint density at radius 1 is 0.550 bits per heavy atom. The number of rotatable bonds is 15. The molecule has 0 spiro atoms. The summed E-state index contributed by atoms with van der Waals surface area (Å²) in [6.07, 6.45) is 20.4. The predicted octanol–water partition coefficient (Wildman–Crippen LogP) is 7.55. The van der Waals surface area contributed by atoms with Gasteiger partial charge < -0.3 is 0 Å². The van der Waals surface area contributed by atoms with Gasteiger partial charge in [0.15, 0.2) is 0 Å². The van der Waals surface area contributed by atoms with Gasteiger partial charge in [0.1, 0.15) is 0 Å². The molecule has 0 unspecified atom stereocenters. The summed E-state index contributed by atoms with van der Waals surface area (Å²) in [7, 11) is 0. The van der Waals surface area contributed by atoms with Gasteiger partial charge in [-0.1, -0.05) is 26.2 Å². The van der Waals surface area contributed by atoms with E-state index in [2.05, 4.69) is 29.4 Å². The molecule has 0 N–H and O–H groups in total. The molecule has 121 valence electrons. The molecule has 0 aromatic rings. The van der Waals surface area contributed by atoms with E-state index in [1.807, 2.05) is 0 Å². The fourth-order valence-corrected chi connectivity index (χ4v) is 4.94. The quantitative estimate of drug-likeness (QED) is 0.213. The van der Waals surface area contributed by atoms with Crippen molar-refractivity contribution in [2.45, 2.75) is 114 Å². The van der Waals surface area contributed by atoms with E-state index < -0.39 is 13.3 Å². The molecule has 20 heavy (non-hydrogen) atoms. The normalized spacial score (nSPS) is 12.0. The molecule has 0 aliphatic rings. The van der Waals surface area contributed by atoms with Gasteiger partial charge in [-0.2, -0.15) is 0 Å². The summed E-state index contributed by atoms with van der Waals surface area (Å²) in [5.74, 6) is 7.47. The maximum absolute atomic E-state index is 2.67. The van der Waals surface area contributed by atoms with Crippen LogP contribution in [0.25, 0.3) is 0 Å². The zero-order valence-electron chi connectivity index (χ0n) is 15.0. The second kappa shape index (κ2) is 14.5. The summed E-state index contributed by atoms with van der Waals surface area (Å²) < 4.78 is 0. The third kappa shape index (κ3) is 18.5. The van der Waals surface area contributed by atoms with Gasteiger partial charge in [-0.25, -0.2) is 0 Å². The Hall–Kier alpha value is 0.543. The minimum absolute atomic E-state index is 1.34. The molecule has 0 rings (SSSR count). The molecule has 0 aromatic heterocycles.